The van der Waals surface area contributed by atoms with Gasteiger partial charge < -0.3 is 9.84 Å². The van der Waals surface area contributed by atoms with Crippen LogP contribution in [0.2, 0.25) is 0 Å². The van der Waals surface area contributed by atoms with Crippen molar-refractivity contribution in [2.24, 2.45) is 17.8 Å². The van der Waals surface area contributed by atoms with Crippen LogP contribution in [0.15, 0.2) is 12.7 Å². The first-order valence-electron chi connectivity index (χ1n) is 5.56. The van der Waals surface area contributed by atoms with Gasteiger partial charge in [0.05, 0.1) is 11.8 Å². The Bertz CT molecular complexity index is 347. The van der Waals surface area contributed by atoms with Gasteiger partial charge in [-0.3, -0.25) is 9.59 Å². The molecule has 94 valence electrons. The first-order valence-corrected chi connectivity index (χ1v) is 5.56. The molecule has 1 aliphatic rings. The maximum atomic E-state index is 11.7. The molecule has 5 heteroatoms. The monoisotopic (exact) mass is 240 g/mol. The first kappa shape index (κ1) is 13.4. The molecule has 0 aromatic heterocycles. The van der Waals surface area contributed by atoms with Gasteiger partial charge in [-0.2, -0.15) is 0 Å². The van der Waals surface area contributed by atoms with Crippen LogP contribution < -0.4 is 0 Å². The lowest BCUT2D eigenvalue weighted by atomic mass is 9.74. The minimum absolute atomic E-state index is 0.266. The smallest absolute Gasteiger partial charge is 0.337 e. The molecule has 0 spiro atoms. The Kier molecular flexibility index (Phi) is 4.43. The van der Waals surface area contributed by atoms with Gasteiger partial charge in [-0.05, 0) is 25.2 Å². The third-order valence-electron chi connectivity index (χ3n) is 3.10. The second-order valence-electron chi connectivity index (χ2n) is 4.41. The highest BCUT2D eigenvalue weighted by Crippen LogP contribution is 2.34. The van der Waals surface area contributed by atoms with Gasteiger partial charge in [0, 0.05) is 6.08 Å². The highest BCUT2D eigenvalue weighted by molar-refractivity contribution is 5.93. The van der Waals surface area contributed by atoms with Gasteiger partial charge in [-0.15, -0.1) is 0 Å². The zero-order valence-electron chi connectivity index (χ0n) is 9.72. The molecule has 5 nitrogen and oxygen atoms in total. The Morgan fingerprint density at radius 1 is 1.29 bits per heavy atom. The Morgan fingerprint density at radius 3 is 2.47 bits per heavy atom. The third-order valence-corrected chi connectivity index (χ3v) is 3.10. The number of esters is 2. The summed E-state index contributed by atoms with van der Waals surface area (Å²) in [6, 6.07) is 0. The summed E-state index contributed by atoms with van der Waals surface area (Å²) in [5.41, 5.74) is 0. The first-order chi connectivity index (χ1) is 7.95. The Balaban J connectivity index is 2.75. The number of aliphatic carboxylic acids is 1. The SMILES string of the molecule is C=CC(=O)OC(=O)C1CC(C)CCC1C(=O)O. The lowest BCUT2D eigenvalue weighted by Crippen LogP contribution is -2.36. The highest BCUT2D eigenvalue weighted by atomic mass is 16.6. The van der Waals surface area contributed by atoms with Gasteiger partial charge in [-0.25, -0.2) is 4.79 Å². The van der Waals surface area contributed by atoms with E-state index in [4.69, 9.17) is 5.11 Å². The van der Waals surface area contributed by atoms with Gasteiger partial charge in [0.25, 0.3) is 0 Å². The number of carbonyl (C=O) groups is 3. The van der Waals surface area contributed by atoms with Crippen molar-refractivity contribution in [3.63, 3.8) is 0 Å². The summed E-state index contributed by atoms with van der Waals surface area (Å²) in [5.74, 6) is -3.82. The zero-order valence-corrected chi connectivity index (χ0v) is 9.72. The third kappa shape index (κ3) is 3.41. The van der Waals surface area contributed by atoms with Crippen LogP contribution in [0, 0.1) is 17.8 Å². The van der Waals surface area contributed by atoms with Gasteiger partial charge in [0.2, 0.25) is 0 Å². The van der Waals surface area contributed by atoms with E-state index in [2.05, 4.69) is 11.3 Å². The largest absolute Gasteiger partial charge is 0.481 e. The molecule has 0 saturated heterocycles. The summed E-state index contributed by atoms with van der Waals surface area (Å²) in [4.78, 5) is 33.6. The van der Waals surface area contributed by atoms with Crippen LogP contribution >= 0.6 is 0 Å². The molecule has 3 unspecified atom stereocenters. The van der Waals surface area contributed by atoms with E-state index in [1.165, 1.54) is 0 Å². The number of carboxylic acid groups (broad SMARTS) is 1. The lowest BCUT2D eigenvalue weighted by molar-refractivity contribution is -0.166. The van der Waals surface area contributed by atoms with Crippen LogP contribution in [0.1, 0.15) is 26.2 Å². The van der Waals surface area contributed by atoms with Crippen LogP contribution in [-0.4, -0.2) is 23.0 Å². The van der Waals surface area contributed by atoms with E-state index >= 15 is 0 Å². The predicted octanol–water partition coefficient (Wildman–Crippen LogP) is 1.38. The molecule has 1 saturated carbocycles. The van der Waals surface area contributed by atoms with E-state index in [0.29, 0.717) is 12.8 Å². The molecule has 3 atom stereocenters. The molecule has 1 aliphatic carbocycles. The van der Waals surface area contributed by atoms with Crippen LogP contribution in [0.5, 0.6) is 0 Å². The average molecular weight is 240 g/mol. The Hall–Kier alpha value is -1.65. The normalized spacial score (nSPS) is 28.2. The standard InChI is InChI=1S/C12H16O5/c1-3-10(13)17-12(16)9-6-7(2)4-5-8(9)11(14)15/h3,7-9H,1,4-6H2,2H3,(H,14,15). The van der Waals surface area contributed by atoms with Crippen LogP contribution in [0.3, 0.4) is 0 Å². The van der Waals surface area contributed by atoms with Crippen molar-refractivity contribution in [2.45, 2.75) is 26.2 Å². The van der Waals surface area contributed by atoms with E-state index in [1.54, 1.807) is 0 Å². The van der Waals surface area contributed by atoms with Gasteiger partial charge in [0.1, 0.15) is 0 Å². The maximum absolute atomic E-state index is 11.7. The quantitative estimate of drug-likeness (QED) is 0.458. The molecule has 0 aromatic carbocycles. The molecule has 0 aromatic rings. The Labute approximate surface area is 99.5 Å². The zero-order chi connectivity index (χ0) is 13.0. The summed E-state index contributed by atoms with van der Waals surface area (Å²) in [7, 11) is 0. The number of carbonyl (C=O) groups excluding carboxylic acids is 2. The lowest BCUT2D eigenvalue weighted by Gasteiger charge is -2.30. The van der Waals surface area contributed by atoms with Crippen LogP contribution in [0.25, 0.3) is 0 Å². The molecule has 0 heterocycles. The summed E-state index contributed by atoms with van der Waals surface area (Å²) in [6.45, 7) is 5.14. The van der Waals surface area contributed by atoms with E-state index in [-0.39, 0.29) is 5.92 Å². The summed E-state index contributed by atoms with van der Waals surface area (Å²) < 4.78 is 4.51. The number of ether oxygens (including phenoxy) is 1. The fourth-order valence-corrected chi connectivity index (χ4v) is 2.15. The van der Waals surface area contributed by atoms with Crippen molar-refractivity contribution in [2.75, 3.05) is 0 Å². The molecule has 0 amide bonds. The van der Waals surface area contributed by atoms with Crippen molar-refractivity contribution in [1.29, 1.82) is 0 Å². The van der Waals surface area contributed by atoms with Crippen molar-refractivity contribution in [3.8, 4) is 0 Å². The topological polar surface area (TPSA) is 80.7 Å². The minimum atomic E-state index is -1.01. The molecular weight excluding hydrogens is 224 g/mol. The molecule has 1 rings (SSSR count). The second kappa shape index (κ2) is 5.61. The molecule has 0 bridgehead atoms. The fourth-order valence-electron chi connectivity index (χ4n) is 2.15. The average Bonchev–Trinajstić information content (AvgIpc) is 2.28. The molecule has 17 heavy (non-hydrogen) atoms. The van der Waals surface area contributed by atoms with Gasteiger partial charge in [0.15, 0.2) is 0 Å². The number of carboxylic acids is 1. The highest BCUT2D eigenvalue weighted by Gasteiger charge is 2.39. The minimum Gasteiger partial charge on any atom is -0.481 e. The molecular formula is C12H16O5. The summed E-state index contributed by atoms with van der Waals surface area (Å²) in [5, 5.41) is 9.02. The van der Waals surface area contributed by atoms with Crippen molar-refractivity contribution in [1.82, 2.24) is 0 Å². The molecule has 0 radical (unpaired) electrons. The van der Waals surface area contributed by atoms with Crippen LogP contribution in [0.4, 0.5) is 0 Å². The van der Waals surface area contributed by atoms with E-state index < -0.39 is 29.7 Å². The predicted molar refractivity (Wildman–Crippen MR) is 58.9 cm³/mol. The fraction of sp³-hybridized carbons (Fsp3) is 0.583. The summed E-state index contributed by atoms with van der Waals surface area (Å²) in [6.07, 6.45) is 2.55. The van der Waals surface area contributed by atoms with Crippen molar-refractivity contribution in [3.05, 3.63) is 12.7 Å². The van der Waals surface area contributed by atoms with Gasteiger partial charge in [-0.1, -0.05) is 13.5 Å². The number of rotatable bonds is 3. The van der Waals surface area contributed by atoms with Crippen LogP contribution in [-0.2, 0) is 19.1 Å². The van der Waals surface area contributed by atoms with E-state index in [1.807, 2.05) is 6.92 Å². The van der Waals surface area contributed by atoms with Gasteiger partial charge >= 0.3 is 17.9 Å². The molecule has 0 aliphatic heterocycles. The number of hydrogen-bond acceptors (Lipinski definition) is 4. The number of hydrogen-bond donors (Lipinski definition) is 1. The Morgan fingerprint density at radius 2 is 1.94 bits per heavy atom. The van der Waals surface area contributed by atoms with E-state index in [0.717, 1.165) is 12.5 Å². The summed E-state index contributed by atoms with van der Waals surface area (Å²) >= 11 is 0. The van der Waals surface area contributed by atoms with Crippen molar-refractivity contribution >= 4 is 17.9 Å². The molecule has 1 fully saturated rings. The van der Waals surface area contributed by atoms with E-state index in [9.17, 15) is 14.4 Å². The maximum Gasteiger partial charge on any atom is 0.337 e. The molecule has 1 N–H and O–H groups in total. The second-order valence-corrected chi connectivity index (χ2v) is 4.41. The van der Waals surface area contributed by atoms with Crippen molar-refractivity contribution < 1.29 is 24.2 Å².